The van der Waals surface area contributed by atoms with Gasteiger partial charge in [0, 0.05) is 5.56 Å². The molecule has 2 aromatic rings. The first kappa shape index (κ1) is 16.1. The lowest BCUT2D eigenvalue weighted by Gasteiger charge is -2.08. The number of ether oxygens (including phenoxy) is 1. The SMILES string of the molecule is COc1ccc(NC(=O)c2ccc(Cl)c(Cl)c2)c([N+](=O)[O-])c1. The van der Waals surface area contributed by atoms with E-state index in [4.69, 9.17) is 27.9 Å². The van der Waals surface area contributed by atoms with E-state index in [-0.39, 0.29) is 22.0 Å². The van der Waals surface area contributed by atoms with Gasteiger partial charge in [-0.2, -0.15) is 0 Å². The molecule has 2 rings (SSSR count). The molecule has 0 atom stereocenters. The molecule has 0 aliphatic heterocycles. The third kappa shape index (κ3) is 3.47. The molecule has 0 aliphatic rings. The Labute approximate surface area is 135 Å². The molecule has 1 N–H and O–H groups in total. The van der Waals surface area contributed by atoms with E-state index in [1.54, 1.807) is 0 Å². The molecule has 0 fully saturated rings. The van der Waals surface area contributed by atoms with E-state index in [2.05, 4.69) is 5.32 Å². The monoisotopic (exact) mass is 340 g/mol. The average Bonchev–Trinajstić information content (AvgIpc) is 2.50. The van der Waals surface area contributed by atoms with Crippen LogP contribution >= 0.6 is 23.2 Å². The summed E-state index contributed by atoms with van der Waals surface area (Å²) < 4.78 is 4.93. The molecule has 8 heteroatoms. The lowest BCUT2D eigenvalue weighted by Crippen LogP contribution is -2.13. The van der Waals surface area contributed by atoms with Gasteiger partial charge in [-0.15, -0.1) is 0 Å². The molecule has 1 amide bonds. The molecule has 0 bridgehead atoms. The van der Waals surface area contributed by atoms with Gasteiger partial charge in [0.05, 0.1) is 28.1 Å². The van der Waals surface area contributed by atoms with Crippen molar-refractivity contribution in [1.82, 2.24) is 0 Å². The highest BCUT2D eigenvalue weighted by molar-refractivity contribution is 6.42. The molecule has 22 heavy (non-hydrogen) atoms. The van der Waals surface area contributed by atoms with Gasteiger partial charge < -0.3 is 10.1 Å². The topological polar surface area (TPSA) is 81.5 Å². The van der Waals surface area contributed by atoms with Gasteiger partial charge in [0.1, 0.15) is 11.4 Å². The van der Waals surface area contributed by atoms with E-state index in [1.807, 2.05) is 0 Å². The highest BCUT2D eigenvalue weighted by atomic mass is 35.5. The molecular formula is C14H10Cl2N2O4. The van der Waals surface area contributed by atoms with E-state index >= 15 is 0 Å². The minimum absolute atomic E-state index is 0.0573. The van der Waals surface area contributed by atoms with Crippen molar-refractivity contribution < 1.29 is 14.5 Å². The minimum atomic E-state index is -0.604. The summed E-state index contributed by atoms with van der Waals surface area (Å²) in [5.74, 6) is -0.217. The molecule has 2 aromatic carbocycles. The van der Waals surface area contributed by atoms with Gasteiger partial charge in [-0.3, -0.25) is 14.9 Å². The fraction of sp³-hybridized carbons (Fsp3) is 0.0714. The quantitative estimate of drug-likeness (QED) is 0.669. The van der Waals surface area contributed by atoms with Crippen molar-refractivity contribution in [2.24, 2.45) is 0 Å². The Hall–Kier alpha value is -2.31. The summed E-state index contributed by atoms with van der Waals surface area (Å²) in [5.41, 5.74) is 0.0224. The Morgan fingerprint density at radius 1 is 1.18 bits per heavy atom. The molecule has 0 aromatic heterocycles. The third-order valence-electron chi connectivity index (χ3n) is 2.83. The van der Waals surface area contributed by atoms with Crippen molar-refractivity contribution in [3.8, 4) is 5.75 Å². The average molecular weight is 341 g/mol. The zero-order chi connectivity index (χ0) is 16.3. The van der Waals surface area contributed by atoms with Crippen LogP contribution < -0.4 is 10.1 Å². The lowest BCUT2D eigenvalue weighted by atomic mass is 10.2. The number of carbonyl (C=O) groups excluding carboxylic acids is 1. The number of amides is 1. The number of hydrogen-bond donors (Lipinski definition) is 1. The Kier molecular flexibility index (Phi) is 4.85. The molecule has 0 unspecified atom stereocenters. The second kappa shape index (κ2) is 6.64. The van der Waals surface area contributed by atoms with Crippen LogP contribution in [0.5, 0.6) is 5.75 Å². The molecule has 0 heterocycles. The summed E-state index contributed by atoms with van der Waals surface area (Å²) in [6, 6.07) is 8.46. The van der Waals surface area contributed by atoms with Crippen LogP contribution in [-0.2, 0) is 0 Å². The highest BCUT2D eigenvalue weighted by Crippen LogP contribution is 2.30. The predicted octanol–water partition coefficient (Wildman–Crippen LogP) is 4.16. The smallest absolute Gasteiger partial charge is 0.296 e. The van der Waals surface area contributed by atoms with Crippen molar-refractivity contribution in [2.45, 2.75) is 0 Å². The second-order valence-electron chi connectivity index (χ2n) is 4.22. The molecule has 6 nitrogen and oxygen atoms in total. The summed E-state index contributed by atoms with van der Waals surface area (Å²) in [5, 5.41) is 14.1. The Balaban J connectivity index is 2.31. The number of nitrogens with zero attached hydrogens (tertiary/aromatic N) is 1. The van der Waals surface area contributed by atoms with Gasteiger partial charge in [0.15, 0.2) is 0 Å². The largest absolute Gasteiger partial charge is 0.496 e. The van der Waals surface area contributed by atoms with Crippen LogP contribution in [0.25, 0.3) is 0 Å². The van der Waals surface area contributed by atoms with Gasteiger partial charge in [0.2, 0.25) is 0 Å². The van der Waals surface area contributed by atoms with E-state index in [9.17, 15) is 14.9 Å². The summed E-state index contributed by atoms with van der Waals surface area (Å²) in [6.45, 7) is 0. The van der Waals surface area contributed by atoms with E-state index in [0.717, 1.165) is 0 Å². The Bertz CT molecular complexity index is 750. The summed E-state index contributed by atoms with van der Waals surface area (Å²) in [6.07, 6.45) is 0. The fourth-order valence-corrected chi connectivity index (χ4v) is 2.03. The number of hydrogen-bond acceptors (Lipinski definition) is 4. The van der Waals surface area contributed by atoms with Crippen molar-refractivity contribution >= 4 is 40.5 Å². The highest BCUT2D eigenvalue weighted by Gasteiger charge is 2.18. The molecule has 0 radical (unpaired) electrons. The van der Waals surface area contributed by atoms with Gasteiger partial charge >= 0.3 is 0 Å². The van der Waals surface area contributed by atoms with E-state index < -0.39 is 10.8 Å². The first-order valence-electron chi connectivity index (χ1n) is 6.01. The zero-order valence-electron chi connectivity index (χ0n) is 11.3. The first-order chi connectivity index (χ1) is 10.4. The van der Waals surface area contributed by atoms with Crippen LogP contribution in [-0.4, -0.2) is 17.9 Å². The standard InChI is InChI=1S/C14H10Cl2N2O4/c1-22-9-3-5-12(13(7-9)18(20)21)17-14(19)8-2-4-10(15)11(16)6-8/h2-7H,1H3,(H,17,19). The van der Waals surface area contributed by atoms with Crippen molar-refractivity contribution in [1.29, 1.82) is 0 Å². The van der Waals surface area contributed by atoms with Crippen LogP contribution in [0.2, 0.25) is 10.0 Å². The zero-order valence-corrected chi connectivity index (χ0v) is 12.8. The maximum Gasteiger partial charge on any atom is 0.296 e. The van der Waals surface area contributed by atoms with E-state index in [1.165, 1.54) is 43.5 Å². The Morgan fingerprint density at radius 2 is 1.91 bits per heavy atom. The number of methoxy groups -OCH3 is 1. The van der Waals surface area contributed by atoms with Crippen molar-refractivity contribution in [3.63, 3.8) is 0 Å². The number of nitro groups is 1. The van der Waals surface area contributed by atoms with Crippen LogP contribution in [0.3, 0.4) is 0 Å². The maximum absolute atomic E-state index is 12.1. The maximum atomic E-state index is 12.1. The number of rotatable bonds is 4. The van der Waals surface area contributed by atoms with Gasteiger partial charge in [-0.05, 0) is 30.3 Å². The normalized spacial score (nSPS) is 10.1. The number of nitro benzene ring substituents is 1. The van der Waals surface area contributed by atoms with Gasteiger partial charge in [-0.25, -0.2) is 0 Å². The summed E-state index contributed by atoms with van der Waals surface area (Å²) in [4.78, 5) is 22.6. The molecule has 114 valence electrons. The number of nitrogens with one attached hydrogen (secondary N) is 1. The number of carbonyl (C=O) groups is 1. The Morgan fingerprint density at radius 3 is 2.50 bits per heavy atom. The van der Waals surface area contributed by atoms with Gasteiger partial charge in [-0.1, -0.05) is 23.2 Å². The summed E-state index contributed by atoms with van der Waals surface area (Å²) >= 11 is 11.6. The third-order valence-corrected chi connectivity index (χ3v) is 3.57. The predicted molar refractivity (Wildman–Crippen MR) is 84.1 cm³/mol. The molecule has 0 saturated heterocycles. The van der Waals surface area contributed by atoms with Crippen LogP contribution in [0, 0.1) is 10.1 Å². The van der Waals surface area contributed by atoms with E-state index in [0.29, 0.717) is 10.8 Å². The van der Waals surface area contributed by atoms with Crippen LogP contribution in [0.15, 0.2) is 36.4 Å². The number of halogens is 2. The fourth-order valence-electron chi connectivity index (χ4n) is 1.73. The number of benzene rings is 2. The van der Waals surface area contributed by atoms with Gasteiger partial charge in [0.25, 0.3) is 11.6 Å². The molecular weight excluding hydrogens is 331 g/mol. The second-order valence-corrected chi connectivity index (χ2v) is 5.04. The first-order valence-corrected chi connectivity index (χ1v) is 6.77. The van der Waals surface area contributed by atoms with Crippen LogP contribution in [0.4, 0.5) is 11.4 Å². The number of anilines is 1. The minimum Gasteiger partial charge on any atom is -0.496 e. The molecule has 0 spiro atoms. The molecule has 0 saturated carbocycles. The van der Waals surface area contributed by atoms with Crippen LogP contribution in [0.1, 0.15) is 10.4 Å². The summed E-state index contributed by atoms with van der Waals surface area (Å²) in [7, 11) is 1.40. The molecule has 0 aliphatic carbocycles. The lowest BCUT2D eigenvalue weighted by molar-refractivity contribution is -0.384. The van der Waals surface area contributed by atoms with Crippen molar-refractivity contribution in [3.05, 3.63) is 62.1 Å². The van der Waals surface area contributed by atoms with Crippen molar-refractivity contribution in [2.75, 3.05) is 12.4 Å².